The first kappa shape index (κ1) is 15.6. The molecule has 0 spiro atoms. The molecule has 23 heavy (non-hydrogen) atoms. The predicted octanol–water partition coefficient (Wildman–Crippen LogP) is 3.66. The van der Waals surface area contributed by atoms with Gasteiger partial charge >= 0.3 is 10.1 Å². The lowest BCUT2D eigenvalue weighted by Crippen LogP contribution is -2.10. The van der Waals surface area contributed by atoms with Crippen molar-refractivity contribution in [3.63, 3.8) is 0 Å². The Balaban J connectivity index is 2.02. The Morgan fingerprint density at radius 3 is 2.48 bits per heavy atom. The summed E-state index contributed by atoms with van der Waals surface area (Å²) in [6.45, 7) is 0. The second kappa shape index (κ2) is 6.06. The molecule has 0 fully saturated rings. The first-order chi connectivity index (χ1) is 11.0. The molecule has 0 unspecified atom stereocenters. The summed E-state index contributed by atoms with van der Waals surface area (Å²) >= 11 is 6.09. The number of pyridine rings is 1. The van der Waals surface area contributed by atoms with Crippen molar-refractivity contribution in [2.45, 2.75) is 4.90 Å². The van der Waals surface area contributed by atoms with E-state index in [-0.39, 0.29) is 10.6 Å². The van der Waals surface area contributed by atoms with E-state index in [1.54, 1.807) is 36.5 Å². The van der Waals surface area contributed by atoms with Gasteiger partial charge in [0.2, 0.25) is 0 Å². The monoisotopic (exact) mass is 349 g/mol. The number of fused-ring (bicyclic) bond motifs is 1. The van der Waals surface area contributed by atoms with Crippen LogP contribution in [0.5, 0.6) is 11.5 Å². The third-order valence-electron chi connectivity index (χ3n) is 3.23. The SMILES string of the molecule is COc1ccc(S(=O)(=O)Oc2ccc(Cl)c3cccnc23)cc1. The minimum Gasteiger partial charge on any atom is -0.497 e. The minimum absolute atomic E-state index is 0.0253. The molecule has 0 aliphatic heterocycles. The fraction of sp³-hybridized carbons (Fsp3) is 0.0625. The number of rotatable bonds is 4. The van der Waals surface area contributed by atoms with E-state index in [0.717, 1.165) is 0 Å². The molecule has 0 aliphatic carbocycles. The van der Waals surface area contributed by atoms with E-state index < -0.39 is 10.1 Å². The van der Waals surface area contributed by atoms with E-state index in [0.29, 0.717) is 21.7 Å². The largest absolute Gasteiger partial charge is 0.497 e. The van der Waals surface area contributed by atoms with Crippen LogP contribution in [0.4, 0.5) is 0 Å². The van der Waals surface area contributed by atoms with E-state index >= 15 is 0 Å². The molecule has 0 bridgehead atoms. The van der Waals surface area contributed by atoms with Crippen molar-refractivity contribution in [3.05, 3.63) is 59.8 Å². The average Bonchev–Trinajstić information content (AvgIpc) is 2.58. The number of methoxy groups -OCH3 is 1. The molecule has 3 rings (SSSR count). The van der Waals surface area contributed by atoms with Gasteiger partial charge < -0.3 is 8.92 Å². The van der Waals surface area contributed by atoms with Gasteiger partial charge in [-0.3, -0.25) is 4.98 Å². The third kappa shape index (κ3) is 3.09. The molecule has 0 radical (unpaired) electrons. The van der Waals surface area contributed by atoms with Crippen LogP contribution >= 0.6 is 11.6 Å². The summed E-state index contributed by atoms with van der Waals surface area (Å²) in [7, 11) is -2.48. The topological polar surface area (TPSA) is 65.5 Å². The maximum Gasteiger partial charge on any atom is 0.339 e. The highest BCUT2D eigenvalue weighted by molar-refractivity contribution is 7.87. The molecule has 0 saturated carbocycles. The second-order valence-corrected chi connectivity index (χ2v) is 6.61. The van der Waals surface area contributed by atoms with Gasteiger partial charge in [-0.2, -0.15) is 8.42 Å². The van der Waals surface area contributed by atoms with E-state index in [1.807, 2.05) is 0 Å². The lowest BCUT2D eigenvalue weighted by atomic mass is 10.2. The van der Waals surface area contributed by atoms with Gasteiger partial charge in [0, 0.05) is 11.6 Å². The fourth-order valence-corrected chi connectivity index (χ4v) is 3.24. The molecule has 5 nitrogen and oxygen atoms in total. The van der Waals surface area contributed by atoms with Crippen LogP contribution in [0.15, 0.2) is 59.6 Å². The summed E-state index contributed by atoms with van der Waals surface area (Å²) in [4.78, 5) is 4.18. The van der Waals surface area contributed by atoms with Gasteiger partial charge in [-0.05, 0) is 48.5 Å². The molecule has 0 aliphatic rings. The van der Waals surface area contributed by atoms with Gasteiger partial charge in [0.25, 0.3) is 0 Å². The van der Waals surface area contributed by atoms with Crippen LogP contribution in [-0.4, -0.2) is 20.5 Å². The molecule has 118 valence electrons. The van der Waals surface area contributed by atoms with Gasteiger partial charge in [-0.1, -0.05) is 11.6 Å². The van der Waals surface area contributed by atoms with Crippen LogP contribution in [-0.2, 0) is 10.1 Å². The Kier molecular flexibility index (Phi) is 4.11. The predicted molar refractivity (Wildman–Crippen MR) is 87.6 cm³/mol. The third-order valence-corrected chi connectivity index (χ3v) is 4.81. The van der Waals surface area contributed by atoms with Gasteiger partial charge in [0.1, 0.15) is 16.2 Å². The Bertz CT molecular complexity index is 955. The quantitative estimate of drug-likeness (QED) is 0.672. The summed E-state index contributed by atoms with van der Waals surface area (Å²) in [5.74, 6) is 0.684. The van der Waals surface area contributed by atoms with Crippen molar-refractivity contribution in [1.29, 1.82) is 0 Å². The fourth-order valence-electron chi connectivity index (χ4n) is 2.09. The molecule has 0 atom stereocenters. The average molecular weight is 350 g/mol. The summed E-state index contributed by atoms with van der Waals surface area (Å²) in [6, 6.07) is 12.5. The molecular formula is C16H12ClNO4S. The molecule has 0 amide bonds. The van der Waals surface area contributed by atoms with Crippen LogP contribution in [0.25, 0.3) is 10.9 Å². The van der Waals surface area contributed by atoms with Crippen molar-refractivity contribution in [2.75, 3.05) is 7.11 Å². The maximum atomic E-state index is 12.4. The summed E-state index contributed by atoms with van der Waals surface area (Å²) in [5.41, 5.74) is 0.386. The first-order valence-corrected chi connectivity index (χ1v) is 8.42. The number of nitrogens with zero attached hydrogens (tertiary/aromatic N) is 1. The lowest BCUT2D eigenvalue weighted by molar-refractivity contribution is 0.414. The lowest BCUT2D eigenvalue weighted by Gasteiger charge is -2.10. The molecular weight excluding hydrogens is 338 g/mol. The highest BCUT2D eigenvalue weighted by Crippen LogP contribution is 2.31. The zero-order chi connectivity index (χ0) is 16.4. The molecule has 2 aromatic carbocycles. The van der Waals surface area contributed by atoms with Gasteiger partial charge in [-0.25, -0.2) is 0 Å². The highest BCUT2D eigenvalue weighted by atomic mass is 35.5. The highest BCUT2D eigenvalue weighted by Gasteiger charge is 2.19. The van der Waals surface area contributed by atoms with Gasteiger partial charge in [0.05, 0.1) is 12.1 Å². The summed E-state index contributed by atoms with van der Waals surface area (Å²) < 4.78 is 35.1. The first-order valence-electron chi connectivity index (χ1n) is 6.63. The summed E-state index contributed by atoms with van der Waals surface area (Å²) in [6.07, 6.45) is 1.55. The van der Waals surface area contributed by atoms with E-state index in [1.165, 1.54) is 25.3 Å². The molecule has 3 aromatic rings. The van der Waals surface area contributed by atoms with Crippen LogP contribution in [0.2, 0.25) is 5.02 Å². The van der Waals surface area contributed by atoms with E-state index in [9.17, 15) is 8.42 Å². The van der Waals surface area contributed by atoms with Crippen molar-refractivity contribution in [3.8, 4) is 11.5 Å². The number of benzene rings is 2. The number of hydrogen-bond donors (Lipinski definition) is 0. The maximum absolute atomic E-state index is 12.4. The zero-order valence-corrected chi connectivity index (χ0v) is 13.6. The van der Waals surface area contributed by atoms with Crippen molar-refractivity contribution in [2.24, 2.45) is 0 Å². The molecule has 1 heterocycles. The number of hydrogen-bond acceptors (Lipinski definition) is 5. The van der Waals surface area contributed by atoms with Gasteiger partial charge in [0.15, 0.2) is 5.75 Å². The Hall–Kier alpha value is -2.31. The minimum atomic E-state index is -3.98. The molecule has 7 heteroatoms. The molecule has 0 N–H and O–H groups in total. The number of aromatic nitrogens is 1. The Labute approximate surface area is 138 Å². The van der Waals surface area contributed by atoms with Crippen LogP contribution < -0.4 is 8.92 Å². The van der Waals surface area contributed by atoms with E-state index in [4.69, 9.17) is 20.5 Å². The zero-order valence-electron chi connectivity index (χ0n) is 12.1. The Morgan fingerprint density at radius 2 is 1.78 bits per heavy atom. The van der Waals surface area contributed by atoms with Gasteiger partial charge in [-0.15, -0.1) is 0 Å². The van der Waals surface area contributed by atoms with Crippen LogP contribution in [0.1, 0.15) is 0 Å². The Morgan fingerprint density at radius 1 is 1.04 bits per heavy atom. The van der Waals surface area contributed by atoms with Crippen LogP contribution in [0.3, 0.4) is 0 Å². The van der Waals surface area contributed by atoms with E-state index in [2.05, 4.69) is 4.98 Å². The number of halogens is 1. The summed E-state index contributed by atoms with van der Waals surface area (Å²) in [5, 5.41) is 1.10. The molecule has 1 aromatic heterocycles. The van der Waals surface area contributed by atoms with Crippen molar-refractivity contribution < 1.29 is 17.3 Å². The smallest absolute Gasteiger partial charge is 0.339 e. The number of ether oxygens (including phenoxy) is 1. The van der Waals surface area contributed by atoms with Crippen molar-refractivity contribution in [1.82, 2.24) is 4.98 Å². The normalized spacial score (nSPS) is 11.4. The van der Waals surface area contributed by atoms with Crippen LogP contribution in [0, 0.1) is 0 Å². The standard InChI is InChI=1S/C16H12ClNO4S/c1-21-11-4-6-12(7-5-11)23(19,20)22-15-9-8-14(17)13-3-2-10-18-16(13)15/h2-10H,1H3. The molecule has 0 saturated heterocycles. The van der Waals surface area contributed by atoms with Crippen molar-refractivity contribution >= 4 is 32.6 Å². The second-order valence-electron chi connectivity index (χ2n) is 4.66.